The minimum atomic E-state index is 0.140. The summed E-state index contributed by atoms with van der Waals surface area (Å²) in [5.74, 6) is 0. The van der Waals surface area contributed by atoms with E-state index in [0.29, 0.717) is 0 Å². The molecule has 0 amide bonds. The first-order valence-corrected chi connectivity index (χ1v) is 9.79. The number of benzene rings is 2. The fourth-order valence-corrected chi connectivity index (χ4v) is 4.13. The highest BCUT2D eigenvalue weighted by Crippen LogP contribution is 2.35. The van der Waals surface area contributed by atoms with E-state index in [1.54, 1.807) is 11.3 Å². The molecule has 0 aliphatic carbocycles. The monoisotopic (exact) mass is 357 g/mol. The fourth-order valence-electron chi connectivity index (χ4n) is 3.11. The molecule has 0 bridgehead atoms. The van der Waals surface area contributed by atoms with Crippen molar-refractivity contribution in [3.8, 4) is 21.7 Å². The fraction of sp³-hybridized carbons (Fsp3) is 0.208. The van der Waals surface area contributed by atoms with Crippen LogP contribution in [0.4, 0.5) is 0 Å². The van der Waals surface area contributed by atoms with Crippen molar-refractivity contribution in [2.75, 3.05) is 0 Å². The Balaban J connectivity index is 1.75. The van der Waals surface area contributed by atoms with Crippen LogP contribution in [0, 0.1) is 6.92 Å². The molecule has 0 fully saturated rings. The van der Waals surface area contributed by atoms with Crippen LogP contribution < -0.4 is 0 Å². The van der Waals surface area contributed by atoms with Crippen molar-refractivity contribution in [3.63, 3.8) is 0 Å². The molecular formula is C24H23NS. The lowest BCUT2D eigenvalue weighted by Gasteiger charge is -2.19. The molecule has 2 aromatic heterocycles. The van der Waals surface area contributed by atoms with Gasteiger partial charge in [-0.25, -0.2) is 0 Å². The lowest BCUT2D eigenvalue weighted by molar-refractivity contribution is 0.590. The van der Waals surface area contributed by atoms with Gasteiger partial charge >= 0.3 is 0 Å². The number of rotatable bonds is 2. The quantitative estimate of drug-likeness (QED) is 0.368. The molecule has 0 saturated heterocycles. The summed E-state index contributed by atoms with van der Waals surface area (Å²) in [4.78, 5) is 6.03. The van der Waals surface area contributed by atoms with Crippen LogP contribution in [0.2, 0.25) is 0 Å². The standard InChI is InChI=1S/C24H23NS/c1-16-8-10-17(11-9-16)22-14-19-13-21(25-15-23(19)26-22)18-6-5-7-20(12-18)24(2,3)4/h5-15H,1-4H3. The van der Waals surface area contributed by atoms with Crippen molar-refractivity contribution in [2.24, 2.45) is 0 Å². The second kappa shape index (κ2) is 6.37. The van der Waals surface area contributed by atoms with Crippen LogP contribution in [0.5, 0.6) is 0 Å². The van der Waals surface area contributed by atoms with Gasteiger partial charge in [-0.2, -0.15) is 0 Å². The molecule has 0 aliphatic rings. The van der Waals surface area contributed by atoms with E-state index in [2.05, 4.69) is 88.4 Å². The highest BCUT2D eigenvalue weighted by atomic mass is 32.1. The number of aryl methyl sites for hydroxylation is 1. The molecule has 2 aromatic carbocycles. The molecule has 0 aliphatic heterocycles. The van der Waals surface area contributed by atoms with Crippen LogP contribution in [0.15, 0.2) is 66.9 Å². The van der Waals surface area contributed by atoms with E-state index < -0.39 is 0 Å². The van der Waals surface area contributed by atoms with Crippen LogP contribution in [-0.4, -0.2) is 4.98 Å². The zero-order chi connectivity index (χ0) is 18.3. The zero-order valence-electron chi connectivity index (χ0n) is 15.7. The Bertz CT molecular complexity index is 1070. The van der Waals surface area contributed by atoms with Crippen LogP contribution in [0.3, 0.4) is 0 Å². The third kappa shape index (κ3) is 3.30. The number of aromatic nitrogens is 1. The molecular weight excluding hydrogens is 334 g/mol. The second-order valence-electron chi connectivity index (χ2n) is 7.91. The molecule has 130 valence electrons. The predicted molar refractivity (Wildman–Crippen MR) is 114 cm³/mol. The van der Waals surface area contributed by atoms with E-state index in [1.807, 2.05) is 6.20 Å². The van der Waals surface area contributed by atoms with Gasteiger partial charge in [0.15, 0.2) is 0 Å². The predicted octanol–water partition coefficient (Wildman–Crippen LogP) is 7.24. The average molecular weight is 358 g/mol. The van der Waals surface area contributed by atoms with Crippen molar-refractivity contribution in [2.45, 2.75) is 33.1 Å². The Hall–Kier alpha value is -2.45. The molecule has 1 nitrogen and oxygen atoms in total. The maximum absolute atomic E-state index is 4.73. The van der Waals surface area contributed by atoms with E-state index in [4.69, 9.17) is 4.98 Å². The summed E-state index contributed by atoms with van der Waals surface area (Å²) in [7, 11) is 0. The van der Waals surface area contributed by atoms with Gasteiger partial charge in [-0.1, -0.05) is 68.8 Å². The van der Waals surface area contributed by atoms with Crippen LogP contribution in [0.1, 0.15) is 31.9 Å². The number of hydrogen-bond donors (Lipinski definition) is 0. The molecule has 26 heavy (non-hydrogen) atoms. The number of pyridine rings is 1. The molecule has 4 rings (SSSR count). The van der Waals surface area contributed by atoms with Gasteiger partial charge in [-0.15, -0.1) is 11.3 Å². The number of thiophene rings is 1. The molecule has 0 radical (unpaired) electrons. The molecule has 0 spiro atoms. The topological polar surface area (TPSA) is 12.9 Å². The summed E-state index contributed by atoms with van der Waals surface area (Å²) in [6.45, 7) is 8.86. The van der Waals surface area contributed by atoms with Gasteiger partial charge in [-0.05, 0) is 47.1 Å². The summed E-state index contributed by atoms with van der Waals surface area (Å²) >= 11 is 1.81. The van der Waals surface area contributed by atoms with Gasteiger partial charge in [0, 0.05) is 16.6 Å². The summed E-state index contributed by atoms with van der Waals surface area (Å²) < 4.78 is 1.23. The lowest BCUT2D eigenvalue weighted by atomic mass is 9.86. The minimum Gasteiger partial charge on any atom is -0.255 e. The number of fused-ring (bicyclic) bond motifs is 1. The highest BCUT2D eigenvalue weighted by molar-refractivity contribution is 7.22. The summed E-state index contributed by atoms with van der Waals surface area (Å²) in [5, 5.41) is 1.26. The van der Waals surface area contributed by atoms with Crippen molar-refractivity contribution in [3.05, 3.63) is 78.0 Å². The number of hydrogen-bond acceptors (Lipinski definition) is 2. The van der Waals surface area contributed by atoms with Gasteiger partial charge in [0.25, 0.3) is 0 Å². The van der Waals surface area contributed by atoms with Crippen LogP contribution in [-0.2, 0) is 5.41 Å². The Kier molecular flexibility index (Phi) is 4.16. The molecule has 0 saturated carbocycles. The van der Waals surface area contributed by atoms with Gasteiger partial charge in [0.05, 0.1) is 10.4 Å². The summed E-state index contributed by atoms with van der Waals surface area (Å²) in [6, 6.07) is 22.0. The van der Waals surface area contributed by atoms with E-state index >= 15 is 0 Å². The van der Waals surface area contributed by atoms with Crippen LogP contribution >= 0.6 is 11.3 Å². The van der Waals surface area contributed by atoms with E-state index in [-0.39, 0.29) is 5.41 Å². The smallest absolute Gasteiger partial charge is 0.0709 e. The first-order chi connectivity index (χ1) is 12.4. The third-order valence-corrected chi connectivity index (χ3v) is 5.90. The molecule has 0 unspecified atom stereocenters. The SMILES string of the molecule is Cc1ccc(-c2cc3cc(-c4cccc(C(C)(C)C)c4)ncc3s2)cc1. The Morgan fingerprint density at radius 1 is 0.846 bits per heavy atom. The molecule has 2 heterocycles. The average Bonchev–Trinajstić information content (AvgIpc) is 3.05. The largest absolute Gasteiger partial charge is 0.255 e. The molecule has 2 heteroatoms. The van der Waals surface area contributed by atoms with E-state index in [0.717, 1.165) is 5.69 Å². The molecule has 0 atom stereocenters. The van der Waals surface area contributed by atoms with Gasteiger partial charge in [0.2, 0.25) is 0 Å². The van der Waals surface area contributed by atoms with Gasteiger partial charge in [0.1, 0.15) is 0 Å². The molecule has 0 N–H and O–H groups in total. The normalized spacial score (nSPS) is 11.8. The zero-order valence-corrected chi connectivity index (χ0v) is 16.5. The van der Waals surface area contributed by atoms with Crippen molar-refractivity contribution < 1.29 is 0 Å². The second-order valence-corrected chi connectivity index (χ2v) is 9.00. The van der Waals surface area contributed by atoms with Gasteiger partial charge in [-0.3, -0.25) is 4.98 Å². The Morgan fingerprint density at radius 3 is 2.35 bits per heavy atom. The summed E-state index contributed by atoms with van der Waals surface area (Å²) in [6.07, 6.45) is 2.01. The van der Waals surface area contributed by atoms with Crippen molar-refractivity contribution in [1.82, 2.24) is 4.98 Å². The highest BCUT2D eigenvalue weighted by Gasteiger charge is 2.14. The molecule has 4 aromatic rings. The third-order valence-electron chi connectivity index (χ3n) is 4.76. The first-order valence-electron chi connectivity index (χ1n) is 8.98. The maximum Gasteiger partial charge on any atom is 0.0709 e. The lowest BCUT2D eigenvalue weighted by Crippen LogP contribution is -2.10. The summed E-state index contributed by atoms with van der Waals surface area (Å²) in [5.41, 5.74) is 6.26. The van der Waals surface area contributed by atoms with Crippen molar-refractivity contribution in [1.29, 1.82) is 0 Å². The van der Waals surface area contributed by atoms with Crippen molar-refractivity contribution >= 4 is 21.4 Å². The van der Waals surface area contributed by atoms with E-state index in [9.17, 15) is 0 Å². The van der Waals surface area contributed by atoms with E-state index in [1.165, 1.54) is 37.2 Å². The maximum atomic E-state index is 4.73. The number of nitrogens with zero attached hydrogens (tertiary/aromatic N) is 1. The Morgan fingerprint density at radius 2 is 1.62 bits per heavy atom. The Labute approximate surface area is 159 Å². The first kappa shape index (κ1) is 17.0. The minimum absolute atomic E-state index is 0.140. The van der Waals surface area contributed by atoms with Gasteiger partial charge < -0.3 is 0 Å². The van der Waals surface area contributed by atoms with Crippen LogP contribution in [0.25, 0.3) is 31.8 Å².